The fourth-order valence-corrected chi connectivity index (χ4v) is 6.31. The van der Waals surface area contributed by atoms with E-state index in [1.807, 2.05) is 6.07 Å². The molecular formula is C23H26N2O4S. The molecule has 2 aliphatic rings. The molecule has 0 unspecified atom stereocenters. The Balaban J connectivity index is 1.66. The Morgan fingerprint density at radius 1 is 0.967 bits per heavy atom. The summed E-state index contributed by atoms with van der Waals surface area (Å²) in [5.41, 5.74) is 0.855. The molecule has 6 nitrogen and oxygen atoms in total. The van der Waals surface area contributed by atoms with Crippen LogP contribution < -0.4 is 10.2 Å². The van der Waals surface area contributed by atoms with E-state index in [1.165, 1.54) is 17.4 Å². The first-order valence-electron chi connectivity index (χ1n) is 10.4. The molecule has 0 bridgehead atoms. The molecule has 7 heteroatoms. The predicted molar refractivity (Wildman–Crippen MR) is 115 cm³/mol. The zero-order valence-corrected chi connectivity index (χ0v) is 17.6. The van der Waals surface area contributed by atoms with Gasteiger partial charge in [-0.05, 0) is 30.5 Å². The van der Waals surface area contributed by atoms with Crippen molar-refractivity contribution in [2.24, 2.45) is 0 Å². The van der Waals surface area contributed by atoms with Gasteiger partial charge in [0.2, 0.25) is 11.8 Å². The zero-order valence-electron chi connectivity index (χ0n) is 16.8. The highest BCUT2D eigenvalue weighted by atomic mass is 32.2. The van der Waals surface area contributed by atoms with Gasteiger partial charge < -0.3 is 10.2 Å². The van der Waals surface area contributed by atoms with E-state index in [-0.39, 0.29) is 41.4 Å². The standard InChI is InChI=1S/C23H26N2O4S/c26-22(24-18-11-5-2-6-12-18)16-25-19-13-7-8-14-20(19)30(28,29)21(15-23(25)27)17-9-3-1-4-10-17/h1,3-4,7-10,13-14,18,21H,2,5-6,11-12,15-16H2,(H,24,26)/t21-/m1/s1. The Morgan fingerprint density at radius 3 is 2.37 bits per heavy atom. The lowest BCUT2D eigenvalue weighted by Gasteiger charge is -2.26. The van der Waals surface area contributed by atoms with Crippen molar-refractivity contribution in [1.82, 2.24) is 5.32 Å². The molecule has 2 aromatic rings. The van der Waals surface area contributed by atoms with Gasteiger partial charge in [-0.25, -0.2) is 8.42 Å². The van der Waals surface area contributed by atoms with Crippen LogP contribution >= 0.6 is 0 Å². The van der Waals surface area contributed by atoms with E-state index in [2.05, 4.69) is 5.32 Å². The summed E-state index contributed by atoms with van der Waals surface area (Å²) >= 11 is 0. The molecule has 0 aromatic heterocycles. The van der Waals surface area contributed by atoms with Crippen molar-refractivity contribution in [3.8, 4) is 0 Å². The highest BCUT2D eigenvalue weighted by molar-refractivity contribution is 7.92. The maximum atomic E-state index is 13.4. The zero-order chi connectivity index (χ0) is 21.1. The van der Waals surface area contributed by atoms with Crippen LogP contribution in [0.1, 0.15) is 49.3 Å². The van der Waals surface area contributed by atoms with E-state index in [0.29, 0.717) is 5.56 Å². The second kappa shape index (κ2) is 8.60. The minimum atomic E-state index is -3.80. The molecule has 1 heterocycles. The second-order valence-corrected chi connectivity index (χ2v) is 10.1. The van der Waals surface area contributed by atoms with Crippen molar-refractivity contribution in [2.45, 2.75) is 54.7 Å². The summed E-state index contributed by atoms with van der Waals surface area (Å²) in [7, 11) is -3.80. The first-order chi connectivity index (χ1) is 14.5. The quantitative estimate of drug-likeness (QED) is 0.812. The van der Waals surface area contributed by atoms with E-state index in [9.17, 15) is 18.0 Å². The van der Waals surface area contributed by atoms with Crippen molar-refractivity contribution in [1.29, 1.82) is 0 Å². The van der Waals surface area contributed by atoms with Crippen molar-refractivity contribution in [3.63, 3.8) is 0 Å². The van der Waals surface area contributed by atoms with Gasteiger partial charge in [0, 0.05) is 12.5 Å². The summed E-state index contributed by atoms with van der Waals surface area (Å²) in [5.74, 6) is -0.614. The molecular weight excluding hydrogens is 400 g/mol. The number of amides is 2. The number of hydrogen-bond donors (Lipinski definition) is 1. The number of rotatable bonds is 4. The van der Waals surface area contributed by atoms with Gasteiger partial charge in [-0.15, -0.1) is 0 Å². The van der Waals surface area contributed by atoms with Crippen LogP contribution in [0.2, 0.25) is 0 Å². The summed E-state index contributed by atoms with van der Waals surface area (Å²) in [6.45, 7) is -0.177. The topological polar surface area (TPSA) is 83.6 Å². The predicted octanol–water partition coefficient (Wildman–Crippen LogP) is 3.39. The number of hydrogen-bond acceptors (Lipinski definition) is 4. The molecule has 30 heavy (non-hydrogen) atoms. The van der Waals surface area contributed by atoms with Crippen LogP contribution in [-0.4, -0.2) is 32.8 Å². The Labute approximate surface area is 177 Å². The van der Waals surface area contributed by atoms with Gasteiger partial charge >= 0.3 is 0 Å². The fraction of sp³-hybridized carbons (Fsp3) is 0.391. The SMILES string of the molecule is O=C(CN1C(=O)C[C@H](c2ccccc2)S(=O)(=O)c2ccccc21)NC1CCCCC1. The van der Waals surface area contributed by atoms with Crippen LogP contribution in [-0.2, 0) is 19.4 Å². The normalized spacial score (nSPS) is 21.5. The van der Waals surface area contributed by atoms with Crippen LogP contribution in [0.25, 0.3) is 0 Å². The Hall–Kier alpha value is -2.67. The van der Waals surface area contributed by atoms with Crippen molar-refractivity contribution >= 4 is 27.3 Å². The molecule has 0 saturated heterocycles. The minimum absolute atomic E-state index is 0.0927. The van der Waals surface area contributed by atoms with Crippen LogP contribution in [0.5, 0.6) is 0 Å². The second-order valence-electron chi connectivity index (χ2n) is 8.00. The lowest BCUT2D eigenvalue weighted by Crippen LogP contribution is -2.45. The van der Waals surface area contributed by atoms with Gasteiger partial charge in [0.15, 0.2) is 9.84 Å². The number of nitrogens with zero attached hydrogens (tertiary/aromatic N) is 1. The summed E-state index contributed by atoms with van der Waals surface area (Å²) in [5, 5.41) is 2.05. The molecule has 1 aliphatic heterocycles. The smallest absolute Gasteiger partial charge is 0.240 e. The number of sulfone groups is 1. The molecule has 158 valence electrons. The van der Waals surface area contributed by atoms with Crippen LogP contribution in [0.15, 0.2) is 59.5 Å². The van der Waals surface area contributed by atoms with Crippen molar-refractivity contribution < 1.29 is 18.0 Å². The number of carbonyl (C=O) groups is 2. The van der Waals surface area contributed by atoms with Crippen LogP contribution in [0.4, 0.5) is 5.69 Å². The average Bonchev–Trinajstić information content (AvgIpc) is 2.84. The molecule has 0 spiro atoms. The third-order valence-corrected chi connectivity index (χ3v) is 8.09. The minimum Gasteiger partial charge on any atom is -0.352 e. The molecule has 2 amide bonds. The number of nitrogens with one attached hydrogen (secondary N) is 1. The first-order valence-corrected chi connectivity index (χ1v) is 12.0. The molecule has 1 N–H and O–H groups in total. The fourth-order valence-electron chi connectivity index (χ4n) is 4.39. The van der Waals surface area contributed by atoms with E-state index in [1.54, 1.807) is 42.5 Å². The van der Waals surface area contributed by atoms with E-state index in [0.717, 1.165) is 25.7 Å². The number of fused-ring (bicyclic) bond motifs is 1. The lowest BCUT2D eigenvalue weighted by atomic mass is 9.95. The summed E-state index contributed by atoms with van der Waals surface area (Å²) < 4.78 is 26.9. The summed E-state index contributed by atoms with van der Waals surface area (Å²) in [4.78, 5) is 27.3. The van der Waals surface area contributed by atoms with E-state index in [4.69, 9.17) is 0 Å². The van der Waals surface area contributed by atoms with Crippen molar-refractivity contribution in [3.05, 3.63) is 60.2 Å². The van der Waals surface area contributed by atoms with Gasteiger partial charge in [0.05, 0.1) is 15.8 Å². The van der Waals surface area contributed by atoms with Gasteiger partial charge in [-0.3, -0.25) is 9.59 Å². The molecule has 1 aliphatic carbocycles. The lowest BCUT2D eigenvalue weighted by molar-refractivity contribution is -0.124. The van der Waals surface area contributed by atoms with E-state index < -0.39 is 15.1 Å². The highest BCUT2D eigenvalue weighted by Gasteiger charge is 2.39. The number of benzene rings is 2. The first kappa shape index (κ1) is 20.6. The van der Waals surface area contributed by atoms with Gasteiger partial charge in [-0.1, -0.05) is 61.7 Å². The number of carbonyl (C=O) groups excluding carboxylic acids is 2. The molecule has 1 fully saturated rings. The van der Waals surface area contributed by atoms with E-state index >= 15 is 0 Å². The number of para-hydroxylation sites is 1. The third kappa shape index (κ3) is 4.12. The average molecular weight is 427 g/mol. The summed E-state index contributed by atoms with van der Waals surface area (Å²) in [6, 6.07) is 15.4. The van der Waals surface area contributed by atoms with Gasteiger partial charge in [0.1, 0.15) is 6.54 Å². The maximum Gasteiger partial charge on any atom is 0.240 e. The summed E-state index contributed by atoms with van der Waals surface area (Å²) in [6.07, 6.45) is 5.06. The van der Waals surface area contributed by atoms with Gasteiger partial charge in [0.25, 0.3) is 0 Å². The molecule has 1 atom stereocenters. The number of anilines is 1. The molecule has 4 rings (SSSR count). The van der Waals surface area contributed by atoms with Crippen molar-refractivity contribution in [2.75, 3.05) is 11.4 Å². The Bertz CT molecular complexity index is 1030. The third-order valence-electron chi connectivity index (χ3n) is 5.94. The highest BCUT2D eigenvalue weighted by Crippen LogP contribution is 2.40. The largest absolute Gasteiger partial charge is 0.352 e. The van der Waals surface area contributed by atoms with Gasteiger partial charge in [-0.2, -0.15) is 0 Å². The Kier molecular flexibility index (Phi) is 5.90. The monoisotopic (exact) mass is 426 g/mol. The van der Waals surface area contributed by atoms with Crippen LogP contribution in [0, 0.1) is 0 Å². The Morgan fingerprint density at radius 2 is 1.63 bits per heavy atom. The molecule has 0 radical (unpaired) electrons. The maximum absolute atomic E-state index is 13.4. The molecule has 1 saturated carbocycles. The molecule has 2 aromatic carbocycles. The van der Waals surface area contributed by atoms with Crippen LogP contribution in [0.3, 0.4) is 0 Å².